The Hall–Kier alpha value is -1.83. The van der Waals surface area contributed by atoms with Crippen molar-refractivity contribution in [3.8, 4) is 5.75 Å². The summed E-state index contributed by atoms with van der Waals surface area (Å²) in [6.45, 7) is 4.09. The van der Waals surface area contributed by atoms with E-state index in [0.29, 0.717) is 6.54 Å². The van der Waals surface area contributed by atoms with Crippen molar-refractivity contribution in [1.82, 2.24) is 10.6 Å². The number of hydrogen-bond acceptors (Lipinski definition) is 2. The molecule has 6 heteroatoms. The molecular weight excluding hydrogens is 432 g/mol. The summed E-state index contributed by atoms with van der Waals surface area (Å²) in [5, 5.41) is 6.53. The van der Waals surface area contributed by atoms with E-state index in [1.807, 2.05) is 25.1 Å². The lowest BCUT2D eigenvalue weighted by Crippen LogP contribution is -2.38. The van der Waals surface area contributed by atoms with Crippen molar-refractivity contribution in [2.75, 3.05) is 20.2 Å². The van der Waals surface area contributed by atoms with Gasteiger partial charge in [0.15, 0.2) is 5.96 Å². The summed E-state index contributed by atoms with van der Waals surface area (Å²) in [6.07, 6.45) is 0.873. The second kappa shape index (κ2) is 11.7. The number of rotatable bonds is 7. The molecule has 0 aliphatic rings. The first-order valence-electron chi connectivity index (χ1n) is 8.11. The molecule has 0 aliphatic carbocycles. The summed E-state index contributed by atoms with van der Waals surface area (Å²) in [5.41, 5.74) is 2.18. The summed E-state index contributed by atoms with van der Waals surface area (Å²) in [6, 6.07) is 14.4. The minimum atomic E-state index is -0.231. The molecule has 0 bridgehead atoms. The van der Waals surface area contributed by atoms with Gasteiger partial charge in [0.2, 0.25) is 0 Å². The van der Waals surface area contributed by atoms with Gasteiger partial charge in [0.25, 0.3) is 0 Å². The van der Waals surface area contributed by atoms with E-state index >= 15 is 0 Å². The average molecular weight is 457 g/mol. The van der Waals surface area contributed by atoms with Gasteiger partial charge in [-0.15, -0.1) is 24.0 Å². The van der Waals surface area contributed by atoms with E-state index in [4.69, 9.17) is 4.74 Å². The van der Waals surface area contributed by atoms with Crippen LogP contribution < -0.4 is 15.4 Å². The van der Waals surface area contributed by atoms with E-state index < -0.39 is 0 Å². The summed E-state index contributed by atoms with van der Waals surface area (Å²) >= 11 is 0. The second-order valence-corrected chi connectivity index (χ2v) is 5.35. The van der Waals surface area contributed by atoms with E-state index in [2.05, 4.69) is 21.7 Å². The van der Waals surface area contributed by atoms with Gasteiger partial charge in [-0.25, -0.2) is 9.38 Å². The largest absolute Gasteiger partial charge is 0.497 e. The molecule has 0 heterocycles. The van der Waals surface area contributed by atoms with Crippen molar-refractivity contribution >= 4 is 29.9 Å². The molecule has 2 N–H and O–H groups in total. The third-order valence-electron chi connectivity index (χ3n) is 3.52. The van der Waals surface area contributed by atoms with Crippen LogP contribution in [0, 0.1) is 5.82 Å². The molecule has 136 valence electrons. The highest BCUT2D eigenvalue weighted by Gasteiger charge is 2.00. The summed E-state index contributed by atoms with van der Waals surface area (Å²) in [7, 11) is 1.67. The van der Waals surface area contributed by atoms with Crippen molar-refractivity contribution in [3.05, 3.63) is 65.5 Å². The van der Waals surface area contributed by atoms with Crippen molar-refractivity contribution in [2.45, 2.75) is 19.9 Å². The van der Waals surface area contributed by atoms with Crippen LogP contribution in [-0.2, 0) is 13.0 Å². The molecule has 0 fully saturated rings. The van der Waals surface area contributed by atoms with Crippen LogP contribution in [0.1, 0.15) is 18.1 Å². The number of methoxy groups -OCH3 is 1. The Bertz CT molecular complexity index is 662. The number of guanidine groups is 1. The Morgan fingerprint density at radius 2 is 1.84 bits per heavy atom. The Labute approximate surface area is 165 Å². The Balaban J connectivity index is 0.00000312. The topological polar surface area (TPSA) is 45.7 Å². The van der Waals surface area contributed by atoms with E-state index in [1.54, 1.807) is 19.2 Å². The molecule has 0 unspecified atom stereocenters. The quantitative estimate of drug-likeness (QED) is 0.378. The summed E-state index contributed by atoms with van der Waals surface area (Å²) < 4.78 is 18.2. The van der Waals surface area contributed by atoms with Gasteiger partial charge in [0.1, 0.15) is 11.6 Å². The van der Waals surface area contributed by atoms with Crippen molar-refractivity contribution in [1.29, 1.82) is 0 Å². The van der Waals surface area contributed by atoms with E-state index in [-0.39, 0.29) is 29.8 Å². The molecule has 2 rings (SSSR count). The van der Waals surface area contributed by atoms with Gasteiger partial charge in [-0.3, -0.25) is 0 Å². The number of ether oxygens (including phenoxy) is 1. The van der Waals surface area contributed by atoms with E-state index in [0.717, 1.165) is 36.8 Å². The van der Waals surface area contributed by atoms with Gasteiger partial charge < -0.3 is 15.4 Å². The third-order valence-corrected chi connectivity index (χ3v) is 3.52. The lowest BCUT2D eigenvalue weighted by Gasteiger charge is -2.11. The summed E-state index contributed by atoms with van der Waals surface area (Å²) in [5.74, 6) is 1.39. The average Bonchev–Trinajstić information content (AvgIpc) is 2.61. The highest BCUT2D eigenvalue weighted by atomic mass is 127. The summed E-state index contributed by atoms with van der Waals surface area (Å²) in [4.78, 5) is 4.53. The van der Waals surface area contributed by atoms with E-state index in [1.165, 1.54) is 17.7 Å². The van der Waals surface area contributed by atoms with E-state index in [9.17, 15) is 4.39 Å². The van der Waals surface area contributed by atoms with Gasteiger partial charge in [-0.1, -0.05) is 24.3 Å². The van der Waals surface area contributed by atoms with Crippen molar-refractivity contribution < 1.29 is 9.13 Å². The standard InChI is InChI=1S/C19H24FN3O.HI/c1-3-21-19(23-14-16-7-9-17(20)10-8-16)22-12-11-15-5-4-6-18(13-15)24-2;/h4-10,13H,3,11-12,14H2,1-2H3,(H2,21,22,23);1H. The molecule has 0 radical (unpaired) electrons. The molecule has 0 spiro atoms. The van der Waals surface area contributed by atoms with Crippen LogP contribution in [0.25, 0.3) is 0 Å². The SMILES string of the molecule is CCNC(=NCc1ccc(F)cc1)NCCc1cccc(OC)c1.I. The maximum Gasteiger partial charge on any atom is 0.191 e. The number of aliphatic imine (C=N–C) groups is 1. The van der Waals surface area contributed by atoms with Crippen LogP contribution in [0.4, 0.5) is 4.39 Å². The molecule has 0 aliphatic heterocycles. The lowest BCUT2D eigenvalue weighted by molar-refractivity contribution is 0.414. The highest BCUT2D eigenvalue weighted by Crippen LogP contribution is 2.12. The molecule has 0 atom stereocenters. The minimum Gasteiger partial charge on any atom is -0.497 e. The number of nitrogens with zero attached hydrogens (tertiary/aromatic N) is 1. The van der Waals surface area contributed by atoms with Gasteiger partial charge in [0.05, 0.1) is 13.7 Å². The first-order valence-corrected chi connectivity index (χ1v) is 8.11. The highest BCUT2D eigenvalue weighted by molar-refractivity contribution is 14.0. The van der Waals surface area contributed by atoms with Gasteiger partial charge in [0, 0.05) is 13.1 Å². The van der Waals surface area contributed by atoms with Crippen molar-refractivity contribution in [3.63, 3.8) is 0 Å². The van der Waals surface area contributed by atoms with Crippen LogP contribution in [-0.4, -0.2) is 26.2 Å². The van der Waals surface area contributed by atoms with Crippen LogP contribution in [0.2, 0.25) is 0 Å². The molecule has 25 heavy (non-hydrogen) atoms. The molecule has 2 aromatic carbocycles. The number of nitrogens with one attached hydrogen (secondary N) is 2. The molecule has 0 aromatic heterocycles. The molecular formula is C19H25FIN3O. The minimum absolute atomic E-state index is 0. The van der Waals surface area contributed by atoms with Crippen LogP contribution in [0.15, 0.2) is 53.5 Å². The zero-order valence-corrected chi connectivity index (χ0v) is 16.9. The molecule has 0 saturated carbocycles. The number of halogens is 2. The predicted octanol–water partition coefficient (Wildman–Crippen LogP) is 3.75. The molecule has 2 aromatic rings. The fourth-order valence-corrected chi connectivity index (χ4v) is 2.26. The molecule has 4 nitrogen and oxygen atoms in total. The zero-order chi connectivity index (χ0) is 17.2. The molecule has 0 saturated heterocycles. The number of hydrogen-bond donors (Lipinski definition) is 2. The monoisotopic (exact) mass is 457 g/mol. The van der Waals surface area contributed by atoms with Crippen LogP contribution in [0.3, 0.4) is 0 Å². The Kier molecular flexibility index (Phi) is 9.91. The third kappa shape index (κ3) is 7.72. The fraction of sp³-hybridized carbons (Fsp3) is 0.316. The lowest BCUT2D eigenvalue weighted by atomic mass is 10.1. The smallest absolute Gasteiger partial charge is 0.191 e. The fourth-order valence-electron chi connectivity index (χ4n) is 2.26. The number of benzene rings is 2. The maximum atomic E-state index is 12.9. The van der Waals surface area contributed by atoms with Gasteiger partial charge in [-0.2, -0.15) is 0 Å². The van der Waals surface area contributed by atoms with Crippen molar-refractivity contribution in [2.24, 2.45) is 4.99 Å². The second-order valence-electron chi connectivity index (χ2n) is 5.35. The zero-order valence-electron chi connectivity index (χ0n) is 14.6. The first-order chi connectivity index (χ1) is 11.7. The predicted molar refractivity (Wildman–Crippen MR) is 111 cm³/mol. The Morgan fingerprint density at radius 3 is 2.52 bits per heavy atom. The van der Waals surface area contributed by atoms with Gasteiger partial charge >= 0.3 is 0 Å². The first kappa shape index (κ1) is 21.2. The van der Waals surface area contributed by atoms with Crippen LogP contribution in [0.5, 0.6) is 5.75 Å². The maximum absolute atomic E-state index is 12.9. The van der Waals surface area contributed by atoms with Gasteiger partial charge in [-0.05, 0) is 48.7 Å². The van der Waals surface area contributed by atoms with Crippen LogP contribution >= 0.6 is 24.0 Å². The molecule has 0 amide bonds. The Morgan fingerprint density at radius 1 is 1.08 bits per heavy atom. The normalized spacial score (nSPS) is 10.8.